The minimum atomic E-state index is 0.0967. The van der Waals surface area contributed by atoms with Gasteiger partial charge in [-0.3, -0.25) is 9.78 Å². The second-order valence-electron chi connectivity index (χ2n) is 9.26. The summed E-state index contributed by atoms with van der Waals surface area (Å²) in [6.07, 6.45) is 4.81. The summed E-state index contributed by atoms with van der Waals surface area (Å²) in [5.41, 5.74) is 2.43. The summed E-state index contributed by atoms with van der Waals surface area (Å²) in [7, 11) is 1.59. The predicted octanol–water partition coefficient (Wildman–Crippen LogP) is 4.67. The zero-order valence-corrected chi connectivity index (χ0v) is 20.6. The molecule has 1 atom stereocenters. The van der Waals surface area contributed by atoms with Crippen LogP contribution in [0.1, 0.15) is 48.0 Å². The van der Waals surface area contributed by atoms with Crippen molar-refractivity contribution < 1.29 is 18.8 Å². The Labute approximate surface area is 212 Å². The van der Waals surface area contributed by atoms with Crippen LogP contribution in [-0.2, 0) is 18.0 Å². The maximum Gasteiger partial charge on any atom is 0.240 e. The molecule has 1 fully saturated rings. The molecule has 0 bridgehead atoms. The van der Waals surface area contributed by atoms with Crippen LogP contribution in [0.4, 0.5) is 0 Å². The number of pyridine rings is 1. The normalized spacial score (nSPS) is 14.3. The molecule has 0 amide bonds. The van der Waals surface area contributed by atoms with Gasteiger partial charge in [-0.05, 0) is 43.4 Å². The maximum absolute atomic E-state index is 12.9. The monoisotopic (exact) mass is 498 g/mol. The lowest BCUT2D eigenvalue weighted by molar-refractivity contribution is 0.0900. The molecule has 10 heteroatoms. The Bertz CT molecular complexity index is 1570. The second-order valence-corrected chi connectivity index (χ2v) is 9.26. The minimum absolute atomic E-state index is 0.0967. The van der Waals surface area contributed by atoms with Gasteiger partial charge in [0.2, 0.25) is 11.7 Å². The van der Waals surface area contributed by atoms with Crippen molar-refractivity contribution >= 4 is 22.2 Å². The number of rotatable bonds is 10. The zero-order valence-electron chi connectivity index (χ0n) is 20.6. The van der Waals surface area contributed by atoms with Gasteiger partial charge in [-0.15, -0.1) is 15.3 Å². The highest BCUT2D eigenvalue weighted by molar-refractivity contribution is 5.98. The van der Waals surface area contributed by atoms with E-state index in [9.17, 15) is 4.79 Å². The van der Waals surface area contributed by atoms with Crippen molar-refractivity contribution in [1.29, 1.82) is 0 Å². The topological polar surface area (TPSA) is 118 Å². The third-order valence-corrected chi connectivity index (χ3v) is 6.74. The quantitative estimate of drug-likeness (QED) is 0.253. The van der Waals surface area contributed by atoms with Crippen LogP contribution >= 0.6 is 0 Å². The van der Waals surface area contributed by atoms with Gasteiger partial charge in [-0.1, -0.05) is 30.3 Å². The highest BCUT2D eigenvalue weighted by Gasteiger charge is 2.35. The van der Waals surface area contributed by atoms with Crippen LogP contribution in [0.3, 0.4) is 0 Å². The summed E-state index contributed by atoms with van der Waals surface area (Å²) < 4.78 is 18.2. The molecule has 4 aromatic heterocycles. The highest BCUT2D eigenvalue weighted by atomic mass is 16.5. The third kappa shape index (κ3) is 4.44. The van der Waals surface area contributed by atoms with E-state index in [4.69, 9.17) is 19.1 Å². The molecule has 6 rings (SSSR count). The molecule has 188 valence electrons. The number of ketones is 1. The number of Topliss-reactive ketones (excluding diaryl/α,β-unsaturated/α-hetero) is 1. The molecule has 1 aromatic carbocycles. The molecule has 0 spiro atoms. The van der Waals surface area contributed by atoms with Crippen LogP contribution in [0.15, 0.2) is 53.2 Å². The fraction of sp³-hybridized carbons (Fsp3) is 0.333. The Kier molecular flexibility index (Phi) is 6.09. The Balaban J connectivity index is 1.28. The van der Waals surface area contributed by atoms with E-state index in [1.165, 1.54) is 0 Å². The number of carbonyl (C=O) groups excluding carboxylic acids is 1. The average molecular weight is 499 g/mol. The summed E-state index contributed by atoms with van der Waals surface area (Å²) in [6, 6.07) is 13.1. The molecule has 1 aliphatic rings. The van der Waals surface area contributed by atoms with E-state index < -0.39 is 0 Å². The second kappa shape index (κ2) is 9.70. The maximum atomic E-state index is 12.9. The first-order chi connectivity index (χ1) is 18.2. The predicted molar refractivity (Wildman–Crippen MR) is 134 cm³/mol. The van der Waals surface area contributed by atoms with E-state index in [0.29, 0.717) is 52.6 Å². The molecule has 1 aliphatic carbocycles. The van der Waals surface area contributed by atoms with E-state index >= 15 is 0 Å². The lowest BCUT2D eigenvalue weighted by Gasteiger charge is -2.13. The van der Waals surface area contributed by atoms with Crippen molar-refractivity contribution in [3.05, 3.63) is 65.7 Å². The largest absolute Gasteiger partial charge is 0.470 e. The number of fused-ring (bicyclic) bond motifs is 3. The lowest BCUT2D eigenvalue weighted by atomic mass is 9.92. The van der Waals surface area contributed by atoms with E-state index in [1.54, 1.807) is 23.9 Å². The summed E-state index contributed by atoms with van der Waals surface area (Å²) in [4.78, 5) is 17.4. The molecule has 0 N–H and O–H groups in total. The Hall–Kier alpha value is -4.18. The van der Waals surface area contributed by atoms with Crippen LogP contribution in [0, 0.1) is 11.8 Å². The van der Waals surface area contributed by atoms with Gasteiger partial charge in [0.05, 0.1) is 5.69 Å². The lowest BCUT2D eigenvalue weighted by Crippen LogP contribution is -2.16. The molecule has 0 saturated heterocycles. The van der Waals surface area contributed by atoms with Gasteiger partial charge in [0.15, 0.2) is 22.9 Å². The van der Waals surface area contributed by atoms with Gasteiger partial charge in [-0.2, -0.15) is 4.52 Å². The first-order valence-electron chi connectivity index (χ1n) is 12.4. The van der Waals surface area contributed by atoms with Gasteiger partial charge in [0, 0.05) is 41.6 Å². The SMILES string of the molecule is CCC(C(=O)c1ccc(COc2nn3c(-c4cc(COC)on4)nnc3c3ccccc23)nc1)C1CC1. The van der Waals surface area contributed by atoms with Crippen LogP contribution in [0.2, 0.25) is 0 Å². The molecular formula is C27H26N6O4. The van der Waals surface area contributed by atoms with E-state index in [-0.39, 0.29) is 18.3 Å². The molecule has 37 heavy (non-hydrogen) atoms. The molecule has 4 heterocycles. The van der Waals surface area contributed by atoms with Crippen molar-refractivity contribution in [2.24, 2.45) is 11.8 Å². The van der Waals surface area contributed by atoms with Crippen LogP contribution in [-0.4, -0.2) is 42.8 Å². The fourth-order valence-corrected chi connectivity index (χ4v) is 4.69. The summed E-state index contributed by atoms with van der Waals surface area (Å²) in [6.45, 7) is 2.56. The van der Waals surface area contributed by atoms with Crippen LogP contribution in [0.5, 0.6) is 5.88 Å². The van der Waals surface area contributed by atoms with E-state index in [0.717, 1.165) is 30.0 Å². The van der Waals surface area contributed by atoms with Crippen LogP contribution in [0.25, 0.3) is 27.9 Å². The molecule has 10 nitrogen and oxygen atoms in total. The van der Waals surface area contributed by atoms with Gasteiger partial charge < -0.3 is 14.0 Å². The summed E-state index contributed by atoms with van der Waals surface area (Å²) >= 11 is 0. The number of ether oxygens (including phenoxy) is 2. The molecular weight excluding hydrogens is 472 g/mol. The number of carbonyl (C=O) groups is 1. The Morgan fingerprint density at radius 3 is 2.70 bits per heavy atom. The number of nitrogens with zero attached hydrogens (tertiary/aromatic N) is 6. The van der Waals surface area contributed by atoms with Gasteiger partial charge >= 0.3 is 0 Å². The van der Waals surface area contributed by atoms with Crippen molar-refractivity contribution in [3.8, 4) is 17.4 Å². The number of hydrogen-bond donors (Lipinski definition) is 0. The standard InChI is InChI=1S/C27H26N6O4/c1-3-20(16-8-9-16)24(34)17-10-11-18(28-13-17)14-36-27-22-7-5-4-6-21(22)25-29-30-26(33(25)31-27)23-12-19(15-35-2)37-32-23/h4-7,10-13,16,20H,3,8-9,14-15H2,1-2H3. The number of aromatic nitrogens is 6. The fourth-order valence-electron chi connectivity index (χ4n) is 4.69. The van der Waals surface area contributed by atoms with Crippen molar-refractivity contribution in [2.75, 3.05) is 7.11 Å². The van der Waals surface area contributed by atoms with E-state index in [1.807, 2.05) is 36.4 Å². The Morgan fingerprint density at radius 1 is 1.14 bits per heavy atom. The first kappa shape index (κ1) is 23.2. The minimum Gasteiger partial charge on any atom is -0.470 e. The zero-order chi connectivity index (χ0) is 25.4. The molecule has 0 radical (unpaired) electrons. The number of methoxy groups -OCH3 is 1. The number of hydrogen-bond acceptors (Lipinski definition) is 9. The first-order valence-corrected chi connectivity index (χ1v) is 12.4. The smallest absolute Gasteiger partial charge is 0.240 e. The van der Waals surface area contributed by atoms with Gasteiger partial charge in [-0.25, -0.2) is 0 Å². The number of benzene rings is 1. The average Bonchev–Trinajstić information content (AvgIpc) is 3.50. The van der Waals surface area contributed by atoms with Gasteiger partial charge in [0.1, 0.15) is 13.2 Å². The molecule has 1 unspecified atom stereocenters. The van der Waals surface area contributed by atoms with Crippen molar-refractivity contribution in [3.63, 3.8) is 0 Å². The summed E-state index contributed by atoms with van der Waals surface area (Å²) in [5.74, 6) is 2.22. The summed E-state index contributed by atoms with van der Waals surface area (Å²) in [5, 5.41) is 19.1. The molecule has 0 aliphatic heterocycles. The Morgan fingerprint density at radius 2 is 1.97 bits per heavy atom. The third-order valence-electron chi connectivity index (χ3n) is 6.74. The highest BCUT2D eigenvalue weighted by Crippen LogP contribution is 2.40. The molecule has 5 aromatic rings. The van der Waals surface area contributed by atoms with Gasteiger partial charge in [0.25, 0.3) is 0 Å². The molecule has 1 saturated carbocycles. The van der Waals surface area contributed by atoms with Crippen LogP contribution < -0.4 is 4.74 Å². The van der Waals surface area contributed by atoms with E-state index in [2.05, 4.69) is 27.3 Å². The van der Waals surface area contributed by atoms with Crippen molar-refractivity contribution in [1.82, 2.24) is 30.0 Å². The van der Waals surface area contributed by atoms with Crippen molar-refractivity contribution in [2.45, 2.75) is 39.4 Å².